The van der Waals surface area contributed by atoms with Crippen LogP contribution in [0.3, 0.4) is 0 Å². The van der Waals surface area contributed by atoms with Crippen LogP contribution in [-0.2, 0) is 6.54 Å². The van der Waals surface area contributed by atoms with E-state index in [4.69, 9.17) is 5.73 Å². The average Bonchev–Trinajstić information content (AvgIpc) is 3.60. The number of nitrogens with zero attached hydrogens (tertiary/aromatic N) is 3. The first-order valence-electron chi connectivity index (χ1n) is 12.7. The first kappa shape index (κ1) is 25.3. The summed E-state index contributed by atoms with van der Waals surface area (Å²) in [5, 5.41) is 4.36. The number of hydrogen-bond acceptors (Lipinski definition) is 3. The van der Waals surface area contributed by atoms with Gasteiger partial charge >= 0.3 is 0 Å². The minimum atomic E-state index is -0.995. The molecular weight excluding hydrogens is 517 g/mol. The van der Waals surface area contributed by atoms with Crippen molar-refractivity contribution < 1.29 is 22.8 Å². The van der Waals surface area contributed by atoms with Crippen molar-refractivity contribution in [3.05, 3.63) is 106 Å². The fourth-order valence-corrected chi connectivity index (χ4v) is 5.14. The van der Waals surface area contributed by atoms with Crippen molar-refractivity contribution in [3.8, 4) is 23.7 Å². The number of benzene rings is 2. The maximum atomic E-state index is 14.8. The van der Waals surface area contributed by atoms with Crippen molar-refractivity contribution in [1.29, 1.82) is 0 Å². The topological polar surface area (TPSA) is 80.7 Å². The van der Waals surface area contributed by atoms with E-state index in [9.17, 15) is 22.8 Å². The lowest BCUT2D eigenvalue weighted by Gasteiger charge is -2.27. The second-order valence-corrected chi connectivity index (χ2v) is 9.77. The third-order valence-electron chi connectivity index (χ3n) is 7.26. The van der Waals surface area contributed by atoms with Gasteiger partial charge in [0.1, 0.15) is 17.5 Å². The van der Waals surface area contributed by atoms with E-state index in [1.807, 2.05) is 0 Å². The Labute approximate surface area is 227 Å². The van der Waals surface area contributed by atoms with Crippen molar-refractivity contribution in [2.45, 2.75) is 37.8 Å². The minimum absolute atomic E-state index is 0.0714. The molecule has 9 heteroatoms. The highest BCUT2D eigenvalue weighted by atomic mass is 19.1. The lowest BCUT2D eigenvalue weighted by molar-refractivity contribution is 0.0700. The molecule has 2 N–H and O–H groups in total. The summed E-state index contributed by atoms with van der Waals surface area (Å²) in [5.74, 6) is 8.49. The van der Waals surface area contributed by atoms with Gasteiger partial charge in [-0.15, -0.1) is 0 Å². The molecule has 6 rings (SSSR count). The van der Waals surface area contributed by atoms with E-state index in [2.05, 4.69) is 28.8 Å². The normalized spacial score (nSPS) is 14.8. The summed E-state index contributed by atoms with van der Waals surface area (Å²) in [7, 11) is 0. The third-order valence-corrected chi connectivity index (χ3v) is 7.26. The van der Waals surface area contributed by atoms with Gasteiger partial charge in [0.05, 0.1) is 35.4 Å². The summed E-state index contributed by atoms with van der Waals surface area (Å²) in [5.41, 5.74) is 8.25. The van der Waals surface area contributed by atoms with Gasteiger partial charge in [0.2, 0.25) is 5.91 Å². The zero-order valence-electron chi connectivity index (χ0n) is 21.0. The number of primary amides is 1. The fraction of sp³-hybridized carbons (Fsp3) is 0.194. The molecule has 40 heavy (non-hydrogen) atoms. The van der Waals surface area contributed by atoms with Gasteiger partial charge in [-0.25, -0.2) is 17.7 Å². The molecule has 1 aliphatic heterocycles. The van der Waals surface area contributed by atoms with E-state index >= 15 is 0 Å². The molecule has 2 aliphatic rings. The number of amides is 2. The number of carbonyl (C=O) groups excluding carboxylic acids is 2. The number of aromatic nitrogens is 2. The zero-order chi connectivity index (χ0) is 28.0. The van der Waals surface area contributed by atoms with Crippen LogP contribution in [-0.4, -0.2) is 26.3 Å². The van der Waals surface area contributed by atoms with Crippen LogP contribution in [0.5, 0.6) is 0 Å². The summed E-state index contributed by atoms with van der Waals surface area (Å²) >= 11 is 0. The van der Waals surface area contributed by atoms with Crippen LogP contribution in [0.15, 0.2) is 54.9 Å². The first-order chi connectivity index (χ1) is 19.3. The Bertz CT molecular complexity index is 1840. The number of hydrogen-bond donors (Lipinski definition) is 1. The molecule has 1 aliphatic carbocycles. The summed E-state index contributed by atoms with van der Waals surface area (Å²) in [4.78, 5) is 26.6. The Hall–Kier alpha value is -5.02. The smallest absolute Gasteiger partial charge is 0.255 e. The Kier molecular flexibility index (Phi) is 6.28. The molecule has 0 bridgehead atoms. The van der Waals surface area contributed by atoms with Crippen molar-refractivity contribution in [2.24, 2.45) is 5.73 Å². The highest BCUT2D eigenvalue weighted by Gasteiger charge is 2.36. The van der Waals surface area contributed by atoms with Crippen molar-refractivity contribution in [1.82, 2.24) is 14.5 Å². The second-order valence-electron chi connectivity index (χ2n) is 9.77. The van der Waals surface area contributed by atoms with E-state index in [0.29, 0.717) is 17.0 Å². The van der Waals surface area contributed by atoms with E-state index in [1.54, 1.807) is 23.0 Å². The standard InChI is InChI=1S/C31H21F3N4O2/c32-19-11-12-27(34)23(15-19)28(37-17-25-22(31(37)40)6-4-7-26(25)33)8-3-1-2-5-20-21(30(35)39)13-14-38-29(20)24(16-36-38)18-9-10-18/h4,6-7,11-16,18,28H,8-10,17H2,(H2,35,39). The molecule has 2 aromatic carbocycles. The predicted molar refractivity (Wildman–Crippen MR) is 140 cm³/mol. The van der Waals surface area contributed by atoms with E-state index in [-0.39, 0.29) is 35.2 Å². The Balaban J connectivity index is 1.35. The molecule has 0 radical (unpaired) electrons. The van der Waals surface area contributed by atoms with E-state index in [1.165, 1.54) is 23.1 Å². The lowest BCUT2D eigenvalue weighted by atomic mass is 10.0. The average molecular weight is 539 g/mol. The van der Waals surface area contributed by atoms with Crippen LogP contribution in [0.1, 0.15) is 74.2 Å². The van der Waals surface area contributed by atoms with Crippen LogP contribution in [0.2, 0.25) is 0 Å². The molecule has 1 fully saturated rings. The number of nitrogens with two attached hydrogens (primary N) is 1. The second kappa shape index (κ2) is 9.94. The van der Waals surface area contributed by atoms with Crippen LogP contribution in [0.4, 0.5) is 13.2 Å². The molecule has 198 valence electrons. The molecule has 3 heterocycles. The number of rotatable bonds is 5. The minimum Gasteiger partial charge on any atom is -0.366 e. The summed E-state index contributed by atoms with van der Waals surface area (Å²) < 4.78 is 45.0. The first-order valence-corrected chi connectivity index (χ1v) is 12.7. The van der Waals surface area contributed by atoms with Gasteiger partial charge in [-0.05, 0) is 72.9 Å². The van der Waals surface area contributed by atoms with E-state index in [0.717, 1.165) is 36.6 Å². The molecular formula is C31H21F3N4O2. The number of carbonyl (C=O) groups is 2. The van der Waals surface area contributed by atoms with Gasteiger partial charge in [0, 0.05) is 34.9 Å². The van der Waals surface area contributed by atoms with Gasteiger partial charge < -0.3 is 10.6 Å². The zero-order valence-corrected chi connectivity index (χ0v) is 21.0. The van der Waals surface area contributed by atoms with Gasteiger partial charge in [0.25, 0.3) is 5.91 Å². The fourth-order valence-electron chi connectivity index (χ4n) is 5.14. The quantitative estimate of drug-likeness (QED) is 0.368. The SMILES string of the molecule is NC(=O)c1ccn2ncc(C3CC3)c2c1C#CC#CCC(c1cc(F)ccc1F)N1Cc2c(F)cccc2C1=O. The van der Waals surface area contributed by atoms with Gasteiger partial charge in [-0.2, -0.15) is 5.10 Å². The highest BCUT2D eigenvalue weighted by molar-refractivity contribution is 5.99. The van der Waals surface area contributed by atoms with Crippen molar-refractivity contribution >= 4 is 17.3 Å². The van der Waals surface area contributed by atoms with Gasteiger partial charge in [0.15, 0.2) is 0 Å². The summed E-state index contributed by atoms with van der Waals surface area (Å²) in [6.45, 7) is -0.107. The maximum absolute atomic E-state index is 14.8. The molecule has 4 aromatic rings. The van der Waals surface area contributed by atoms with Crippen LogP contribution in [0.25, 0.3) is 5.52 Å². The largest absolute Gasteiger partial charge is 0.366 e. The van der Waals surface area contributed by atoms with Crippen molar-refractivity contribution in [2.75, 3.05) is 0 Å². The molecule has 1 atom stereocenters. The molecule has 0 saturated heterocycles. The molecule has 1 saturated carbocycles. The highest BCUT2D eigenvalue weighted by Crippen LogP contribution is 2.42. The van der Waals surface area contributed by atoms with E-state index < -0.39 is 35.3 Å². The number of halogens is 3. The number of fused-ring (bicyclic) bond motifs is 2. The third kappa shape index (κ3) is 4.46. The molecule has 2 aromatic heterocycles. The molecule has 6 nitrogen and oxygen atoms in total. The summed E-state index contributed by atoms with van der Waals surface area (Å²) in [6, 6.07) is 7.71. The van der Waals surface area contributed by atoms with Gasteiger partial charge in [-0.1, -0.05) is 12.0 Å². The molecule has 0 spiro atoms. The lowest BCUT2D eigenvalue weighted by Crippen LogP contribution is -2.29. The summed E-state index contributed by atoms with van der Waals surface area (Å²) in [6.07, 6.45) is 5.37. The Morgan fingerprint density at radius 2 is 1.93 bits per heavy atom. The van der Waals surface area contributed by atoms with Crippen LogP contribution >= 0.6 is 0 Å². The Morgan fingerprint density at radius 3 is 2.67 bits per heavy atom. The molecule has 2 amide bonds. The monoisotopic (exact) mass is 538 g/mol. The maximum Gasteiger partial charge on any atom is 0.255 e. The number of pyridine rings is 1. The van der Waals surface area contributed by atoms with Gasteiger partial charge in [-0.3, -0.25) is 9.59 Å². The Morgan fingerprint density at radius 1 is 1.10 bits per heavy atom. The van der Waals surface area contributed by atoms with Crippen LogP contribution < -0.4 is 5.73 Å². The molecule has 1 unspecified atom stereocenters. The van der Waals surface area contributed by atoms with Crippen LogP contribution in [0, 0.1) is 41.1 Å². The van der Waals surface area contributed by atoms with Crippen molar-refractivity contribution in [3.63, 3.8) is 0 Å². The predicted octanol–water partition coefficient (Wildman–Crippen LogP) is 4.87.